The first-order valence-electron chi connectivity index (χ1n) is 3.71. The molecule has 0 bridgehead atoms. The Kier molecular flexibility index (Phi) is 2.09. The lowest BCUT2D eigenvalue weighted by Gasteiger charge is -2.29. The Morgan fingerprint density at radius 1 is 1.22 bits per heavy atom. The van der Waals surface area contributed by atoms with E-state index in [1.54, 1.807) is 0 Å². The van der Waals surface area contributed by atoms with Crippen molar-refractivity contribution >= 4 is 0 Å². The smallest absolute Gasteiger partial charge is 0.00792 e. The van der Waals surface area contributed by atoms with Crippen molar-refractivity contribution < 1.29 is 0 Å². The molecule has 0 aromatic rings. The minimum Gasteiger partial charge on any atom is -0.328 e. The third-order valence-corrected chi connectivity index (χ3v) is 2.30. The van der Waals surface area contributed by atoms with Gasteiger partial charge in [0.1, 0.15) is 0 Å². The first kappa shape index (κ1) is 7.03. The van der Waals surface area contributed by atoms with E-state index in [-0.39, 0.29) is 0 Å². The zero-order valence-corrected chi connectivity index (χ0v) is 6.01. The van der Waals surface area contributed by atoms with E-state index in [1.807, 2.05) is 0 Å². The molecule has 0 heterocycles. The lowest BCUT2D eigenvalue weighted by molar-refractivity contribution is 0.301. The summed E-state index contributed by atoms with van der Waals surface area (Å²) in [7, 11) is 0. The predicted octanol–water partition coefficient (Wildman–Crippen LogP) is 0.461. The maximum Gasteiger partial charge on any atom is 0.00792 e. The molecule has 1 rings (SSSR count). The van der Waals surface area contributed by atoms with E-state index in [0.717, 1.165) is 12.8 Å². The van der Waals surface area contributed by atoms with E-state index < -0.39 is 0 Å². The third kappa shape index (κ3) is 1.66. The van der Waals surface area contributed by atoms with Gasteiger partial charge in [-0.25, -0.2) is 0 Å². The van der Waals surface area contributed by atoms with Crippen LogP contribution in [0.4, 0.5) is 0 Å². The molecule has 0 saturated heterocycles. The Bertz CT molecular complexity index is 92.9. The van der Waals surface area contributed by atoms with E-state index in [2.05, 4.69) is 6.92 Å². The van der Waals surface area contributed by atoms with Crippen LogP contribution < -0.4 is 11.5 Å². The van der Waals surface area contributed by atoms with Crippen molar-refractivity contribution in [1.29, 1.82) is 0 Å². The van der Waals surface area contributed by atoms with Crippen LogP contribution in [0.5, 0.6) is 0 Å². The van der Waals surface area contributed by atoms with Crippen LogP contribution in [0.1, 0.15) is 26.2 Å². The van der Waals surface area contributed by atoms with E-state index in [0.29, 0.717) is 18.0 Å². The van der Waals surface area contributed by atoms with Gasteiger partial charge in [0.15, 0.2) is 0 Å². The van der Waals surface area contributed by atoms with Crippen LogP contribution in [0, 0.1) is 5.92 Å². The molecule has 1 unspecified atom stereocenters. The molecule has 1 saturated carbocycles. The standard InChI is InChI=1S/C7H16N2/c1-5-2-3-6(8)4-7(5)9/h5-7H,2-4,8-9H2,1H3/t5?,6-,7+/m1/s1. The van der Waals surface area contributed by atoms with Crippen LogP contribution in [0.2, 0.25) is 0 Å². The third-order valence-electron chi connectivity index (χ3n) is 2.30. The second kappa shape index (κ2) is 2.67. The summed E-state index contributed by atoms with van der Waals surface area (Å²) < 4.78 is 0. The van der Waals surface area contributed by atoms with Crippen LogP contribution in [0.25, 0.3) is 0 Å². The first-order valence-corrected chi connectivity index (χ1v) is 3.71. The zero-order chi connectivity index (χ0) is 6.85. The molecule has 1 aliphatic carbocycles. The summed E-state index contributed by atoms with van der Waals surface area (Å²) in [6.07, 6.45) is 3.39. The van der Waals surface area contributed by atoms with Crippen molar-refractivity contribution in [3.63, 3.8) is 0 Å². The Hall–Kier alpha value is -0.0800. The van der Waals surface area contributed by atoms with Crippen LogP contribution in [0.3, 0.4) is 0 Å². The predicted molar refractivity (Wildman–Crippen MR) is 39.0 cm³/mol. The Morgan fingerprint density at radius 3 is 2.33 bits per heavy atom. The Balaban J connectivity index is 2.35. The van der Waals surface area contributed by atoms with Gasteiger partial charge in [0.05, 0.1) is 0 Å². The lowest BCUT2D eigenvalue weighted by Crippen LogP contribution is -2.40. The number of rotatable bonds is 0. The molecule has 0 aromatic carbocycles. The maximum atomic E-state index is 5.79. The Labute approximate surface area is 56.6 Å². The van der Waals surface area contributed by atoms with E-state index in [9.17, 15) is 0 Å². The number of hydrogen-bond acceptors (Lipinski definition) is 2. The molecule has 54 valence electrons. The van der Waals surface area contributed by atoms with Crippen LogP contribution in [-0.2, 0) is 0 Å². The summed E-state index contributed by atoms with van der Waals surface area (Å²) in [6, 6.07) is 0.727. The van der Waals surface area contributed by atoms with Crippen LogP contribution in [-0.4, -0.2) is 12.1 Å². The fraction of sp³-hybridized carbons (Fsp3) is 1.00. The summed E-state index contributed by atoms with van der Waals surface area (Å²) in [5, 5.41) is 0. The topological polar surface area (TPSA) is 52.0 Å². The lowest BCUT2D eigenvalue weighted by atomic mass is 9.84. The molecule has 4 N–H and O–H groups in total. The normalized spacial score (nSPS) is 45.0. The SMILES string of the molecule is CC1CC[C@@H](N)C[C@@H]1N. The van der Waals surface area contributed by atoms with Gasteiger partial charge in [0, 0.05) is 12.1 Å². The molecule has 9 heavy (non-hydrogen) atoms. The fourth-order valence-electron chi connectivity index (χ4n) is 1.39. The molecule has 0 aromatic heterocycles. The van der Waals surface area contributed by atoms with Gasteiger partial charge in [-0.05, 0) is 25.2 Å². The summed E-state index contributed by atoms with van der Waals surface area (Å²) in [6.45, 7) is 2.20. The van der Waals surface area contributed by atoms with Gasteiger partial charge in [0.2, 0.25) is 0 Å². The molecule has 0 radical (unpaired) electrons. The van der Waals surface area contributed by atoms with Crippen molar-refractivity contribution in [2.24, 2.45) is 17.4 Å². The first-order chi connectivity index (χ1) is 4.20. The van der Waals surface area contributed by atoms with Crippen molar-refractivity contribution in [3.05, 3.63) is 0 Å². The van der Waals surface area contributed by atoms with Crippen LogP contribution >= 0.6 is 0 Å². The minimum absolute atomic E-state index is 0.355. The Morgan fingerprint density at radius 2 is 1.89 bits per heavy atom. The van der Waals surface area contributed by atoms with Gasteiger partial charge in [0.25, 0.3) is 0 Å². The van der Waals surface area contributed by atoms with Gasteiger partial charge < -0.3 is 11.5 Å². The molecule has 0 amide bonds. The molecule has 2 heteroatoms. The number of hydrogen-bond donors (Lipinski definition) is 2. The fourth-order valence-corrected chi connectivity index (χ4v) is 1.39. The monoisotopic (exact) mass is 128 g/mol. The quantitative estimate of drug-likeness (QED) is 0.498. The summed E-state index contributed by atoms with van der Waals surface area (Å²) in [4.78, 5) is 0. The van der Waals surface area contributed by atoms with Crippen molar-refractivity contribution in [2.75, 3.05) is 0 Å². The molecule has 1 fully saturated rings. The average molecular weight is 128 g/mol. The molecule has 0 aliphatic heterocycles. The average Bonchev–Trinajstić information content (AvgIpc) is 1.80. The molecular formula is C7H16N2. The van der Waals surface area contributed by atoms with Crippen LogP contribution in [0.15, 0.2) is 0 Å². The second-order valence-corrected chi connectivity index (χ2v) is 3.21. The highest BCUT2D eigenvalue weighted by Crippen LogP contribution is 2.20. The van der Waals surface area contributed by atoms with Gasteiger partial charge in [-0.15, -0.1) is 0 Å². The minimum atomic E-state index is 0.355. The van der Waals surface area contributed by atoms with Crippen molar-refractivity contribution in [1.82, 2.24) is 0 Å². The van der Waals surface area contributed by atoms with Crippen molar-refractivity contribution in [2.45, 2.75) is 38.3 Å². The summed E-state index contributed by atoms with van der Waals surface area (Å²) in [5.74, 6) is 0.685. The van der Waals surface area contributed by atoms with E-state index in [1.165, 1.54) is 6.42 Å². The molecule has 1 aliphatic rings. The highest BCUT2D eigenvalue weighted by atomic mass is 14.7. The highest BCUT2D eigenvalue weighted by Gasteiger charge is 2.21. The highest BCUT2D eigenvalue weighted by molar-refractivity contribution is 4.81. The van der Waals surface area contributed by atoms with E-state index >= 15 is 0 Å². The van der Waals surface area contributed by atoms with Gasteiger partial charge >= 0.3 is 0 Å². The zero-order valence-electron chi connectivity index (χ0n) is 6.01. The summed E-state index contributed by atoms with van der Waals surface area (Å²) >= 11 is 0. The second-order valence-electron chi connectivity index (χ2n) is 3.21. The van der Waals surface area contributed by atoms with Gasteiger partial charge in [-0.3, -0.25) is 0 Å². The van der Waals surface area contributed by atoms with Crippen molar-refractivity contribution in [3.8, 4) is 0 Å². The van der Waals surface area contributed by atoms with E-state index in [4.69, 9.17) is 11.5 Å². The molecule has 0 spiro atoms. The maximum absolute atomic E-state index is 5.79. The van der Waals surface area contributed by atoms with Gasteiger partial charge in [-0.2, -0.15) is 0 Å². The number of nitrogens with two attached hydrogens (primary N) is 2. The molecule has 3 atom stereocenters. The largest absolute Gasteiger partial charge is 0.328 e. The molecular weight excluding hydrogens is 112 g/mol. The molecule has 2 nitrogen and oxygen atoms in total. The van der Waals surface area contributed by atoms with Gasteiger partial charge in [-0.1, -0.05) is 6.92 Å². The summed E-state index contributed by atoms with van der Waals surface area (Å²) in [5.41, 5.74) is 11.5.